The molecule has 0 unspecified atom stereocenters. The highest BCUT2D eigenvalue weighted by atomic mass is 16.5. The third kappa shape index (κ3) is 3.04. The highest BCUT2D eigenvalue weighted by Gasteiger charge is 2.34. The van der Waals surface area contributed by atoms with Gasteiger partial charge in [-0.1, -0.05) is 30.3 Å². The van der Waals surface area contributed by atoms with Crippen LogP contribution in [0.25, 0.3) is 0 Å². The molecule has 3 N–H and O–H groups in total. The van der Waals surface area contributed by atoms with Crippen LogP contribution in [0.2, 0.25) is 0 Å². The number of benzene rings is 1. The van der Waals surface area contributed by atoms with E-state index in [1.807, 2.05) is 30.3 Å². The molecule has 1 aromatic rings. The van der Waals surface area contributed by atoms with E-state index in [-0.39, 0.29) is 13.0 Å². The van der Waals surface area contributed by atoms with Gasteiger partial charge in [0.2, 0.25) is 5.72 Å². The molecule has 1 aromatic carbocycles. The number of aliphatic carboxylic acids is 1. The van der Waals surface area contributed by atoms with Gasteiger partial charge in [0, 0.05) is 13.0 Å². The number of nitrogens with two attached hydrogens (primary N) is 1. The van der Waals surface area contributed by atoms with E-state index in [0.717, 1.165) is 5.56 Å². The van der Waals surface area contributed by atoms with Gasteiger partial charge < -0.3 is 9.84 Å². The summed E-state index contributed by atoms with van der Waals surface area (Å²) in [4.78, 5) is 11.0. The molecule has 0 amide bonds. The number of carbonyl (C=O) groups is 1. The van der Waals surface area contributed by atoms with Gasteiger partial charge in [0.25, 0.3) is 0 Å². The van der Waals surface area contributed by atoms with Crippen LogP contribution in [0.3, 0.4) is 0 Å². The first kappa shape index (κ1) is 11.7. The van der Waals surface area contributed by atoms with E-state index >= 15 is 0 Å². The molecule has 0 aliphatic heterocycles. The van der Waals surface area contributed by atoms with Crippen LogP contribution in [0.1, 0.15) is 12.5 Å². The second-order valence-corrected chi connectivity index (χ2v) is 3.29. The standard InChI is InChI=1S/C11H15NO3/c1-2-15-11(12,10(13)14)8-9-6-4-3-5-7-9/h3-7H,2,8,12H2,1H3,(H,13,14)/t11-/m1/s1. The fourth-order valence-corrected chi connectivity index (χ4v) is 1.35. The maximum Gasteiger partial charge on any atom is 0.351 e. The molecule has 82 valence electrons. The Hall–Kier alpha value is -1.39. The second-order valence-electron chi connectivity index (χ2n) is 3.29. The van der Waals surface area contributed by atoms with Crippen molar-refractivity contribution in [1.82, 2.24) is 0 Å². The van der Waals surface area contributed by atoms with Crippen LogP contribution in [0.4, 0.5) is 0 Å². The van der Waals surface area contributed by atoms with Gasteiger partial charge in [-0.05, 0) is 12.5 Å². The molecule has 1 rings (SSSR count). The van der Waals surface area contributed by atoms with Crippen LogP contribution in [0, 0.1) is 0 Å². The molecule has 0 saturated carbocycles. The lowest BCUT2D eigenvalue weighted by molar-refractivity contribution is -0.164. The van der Waals surface area contributed by atoms with Gasteiger partial charge in [-0.25, -0.2) is 4.79 Å². The summed E-state index contributed by atoms with van der Waals surface area (Å²) in [5.41, 5.74) is 4.88. The van der Waals surface area contributed by atoms with Gasteiger partial charge in [0.15, 0.2) is 0 Å². The molecule has 0 aliphatic carbocycles. The zero-order valence-corrected chi connectivity index (χ0v) is 8.64. The monoisotopic (exact) mass is 209 g/mol. The Morgan fingerprint density at radius 2 is 2.07 bits per heavy atom. The molecule has 0 heterocycles. The van der Waals surface area contributed by atoms with Crippen molar-refractivity contribution in [1.29, 1.82) is 0 Å². The van der Waals surface area contributed by atoms with Gasteiger partial charge >= 0.3 is 5.97 Å². The summed E-state index contributed by atoms with van der Waals surface area (Å²) in [5, 5.41) is 8.97. The largest absolute Gasteiger partial charge is 0.478 e. The Kier molecular flexibility index (Phi) is 3.82. The number of hydrogen-bond donors (Lipinski definition) is 2. The molecule has 4 heteroatoms. The maximum absolute atomic E-state index is 11.0. The van der Waals surface area contributed by atoms with Crippen molar-refractivity contribution < 1.29 is 14.6 Å². The van der Waals surface area contributed by atoms with E-state index in [0.29, 0.717) is 0 Å². The summed E-state index contributed by atoms with van der Waals surface area (Å²) < 4.78 is 5.07. The van der Waals surface area contributed by atoms with Crippen LogP contribution in [0.5, 0.6) is 0 Å². The van der Waals surface area contributed by atoms with Crippen molar-refractivity contribution in [2.75, 3.05) is 6.61 Å². The predicted octanol–water partition coefficient (Wildman–Crippen LogP) is 1.01. The van der Waals surface area contributed by atoms with E-state index in [1.165, 1.54) is 0 Å². The fourth-order valence-electron chi connectivity index (χ4n) is 1.35. The molecular weight excluding hydrogens is 194 g/mol. The van der Waals surface area contributed by atoms with Crippen molar-refractivity contribution in [2.45, 2.75) is 19.1 Å². The molecule has 0 aromatic heterocycles. The molecule has 0 saturated heterocycles. The topological polar surface area (TPSA) is 72.5 Å². The Labute approximate surface area is 88.7 Å². The van der Waals surface area contributed by atoms with Crippen molar-refractivity contribution in [3.8, 4) is 0 Å². The predicted molar refractivity (Wildman–Crippen MR) is 56.3 cm³/mol. The Bertz CT molecular complexity index is 326. The molecular formula is C11H15NO3. The molecule has 4 nitrogen and oxygen atoms in total. The van der Waals surface area contributed by atoms with E-state index in [2.05, 4.69) is 0 Å². The first-order chi connectivity index (χ1) is 7.08. The van der Waals surface area contributed by atoms with Crippen LogP contribution >= 0.6 is 0 Å². The molecule has 15 heavy (non-hydrogen) atoms. The molecule has 0 radical (unpaired) electrons. The van der Waals surface area contributed by atoms with E-state index in [9.17, 15) is 4.79 Å². The average Bonchev–Trinajstić information content (AvgIpc) is 2.19. The van der Waals surface area contributed by atoms with Gasteiger partial charge in [0.1, 0.15) is 0 Å². The van der Waals surface area contributed by atoms with Crippen molar-refractivity contribution in [3.05, 3.63) is 35.9 Å². The first-order valence-electron chi connectivity index (χ1n) is 4.78. The number of carboxylic acids is 1. The summed E-state index contributed by atoms with van der Waals surface area (Å²) in [7, 11) is 0. The quantitative estimate of drug-likeness (QED) is 0.710. The minimum Gasteiger partial charge on any atom is -0.478 e. The Morgan fingerprint density at radius 1 is 1.47 bits per heavy atom. The highest BCUT2D eigenvalue weighted by Crippen LogP contribution is 2.12. The average molecular weight is 209 g/mol. The van der Waals surface area contributed by atoms with Gasteiger partial charge in [-0.2, -0.15) is 0 Å². The third-order valence-corrected chi connectivity index (χ3v) is 2.07. The van der Waals surface area contributed by atoms with Gasteiger partial charge in [-0.3, -0.25) is 5.73 Å². The van der Waals surface area contributed by atoms with Gasteiger partial charge in [-0.15, -0.1) is 0 Å². The number of carboxylic acid groups (broad SMARTS) is 1. The van der Waals surface area contributed by atoms with Crippen LogP contribution in [-0.2, 0) is 16.0 Å². The van der Waals surface area contributed by atoms with Crippen molar-refractivity contribution in [3.63, 3.8) is 0 Å². The van der Waals surface area contributed by atoms with Crippen LogP contribution in [0.15, 0.2) is 30.3 Å². The zero-order chi connectivity index (χ0) is 11.3. The van der Waals surface area contributed by atoms with Crippen LogP contribution in [-0.4, -0.2) is 23.4 Å². The smallest absolute Gasteiger partial charge is 0.351 e. The summed E-state index contributed by atoms with van der Waals surface area (Å²) in [6.07, 6.45) is 0.164. The molecule has 0 fully saturated rings. The highest BCUT2D eigenvalue weighted by molar-refractivity contribution is 5.77. The summed E-state index contributed by atoms with van der Waals surface area (Å²) in [6, 6.07) is 9.18. The van der Waals surface area contributed by atoms with Crippen molar-refractivity contribution in [2.24, 2.45) is 5.73 Å². The normalized spacial score (nSPS) is 14.5. The summed E-state index contributed by atoms with van der Waals surface area (Å²) in [6.45, 7) is 1.99. The zero-order valence-electron chi connectivity index (χ0n) is 8.64. The number of rotatable bonds is 5. The first-order valence-corrected chi connectivity index (χ1v) is 4.78. The minimum absolute atomic E-state index is 0.164. The van der Waals surface area contributed by atoms with E-state index in [1.54, 1.807) is 6.92 Å². The van der Waals surface area contributed by atoms with E-state index in [4.69, 9.17) is 15.6 Å². The van der Waals surface area contributed by atoms with Gasteiger partial charge in [0.05, 0.1) is 0 Å². The summed E-state index contributed by atoms with van der Waals surface area (Å²) >= 11 is 0. The molecule has 0 spiro atoms. The van der Waals surface area contributed by atoms with Crippen molar-refractivity contribution >= 4 is 5.97 Å². The molecule has 0 bridgehead atoms. The Balaban J connectivity index is 2.80. The van der Waals surface area contributed by atoms with Crippen LogP contribution < -0.4 is 5.73 Å². The maximum atomic E-state index is 11.0. The minimum atomic E-state index is -1.63. The SMILES string of the molecule is CCO[C@](N)(Cc1ccccc1)C(=O)O. The summed E-state index contributed by atoms with van der Waals surface area (Å²) in [5.74, 6) is -1.15. The fraction of sp³-hybridized carbons (Fsp3) is 0.364. The lowest BCUT2D eigenvalue weighted by atomic mass is 10.0. The molecule has 0 aliphatic rings. The second kappa shape index (κ2) is 4.91. The lowest BCUT2D eigenvalue weighted by Crippen LogP contribution is -2.52. The number of ether oxygens (including phenoxy) is 1. The number of hydrogen-bond acceptors (Lipinski definition) is 3. The van der Waals surface area contributed by atoms with E-state index < -0.39 is 11.7 Å². The Morgan fingerprint density at radius 3 is 2.53 bits per heavy atom. The lowest BCUT2D eigenvalue weighted by Gasteiger charge is -2.24. The molecule has 1 atom stereocenters. The third-order valence-electron chi connectivity index (χ3n) is 2.07.